The third-order valence-electron chi connectivity index (χ3n) is 3.90. The minimum atomic E-state index is 0.206. The first-order valence-electron chi connectivity index (χ1n) is 8.00. The van der Waals surface area contributed by atoms with Crippen LogP contribution in [-0.4, -0.2) is 20.2 Å². The molecule has 0 radical (unpaired) electrons. The Morgan fingerprint density at radius 3 is 2.54 bits per heavy atom. The molecule has 0 aliphatic rings. The molecule has 1 N–H and O–H groups in total. The van der Waals surface area contributed by atoms with Gasteiger partial charge in [-0.25, -0.2) is 0 Å². The zero-order valence-corrected chi connectivity index (χ0v) is 14.4. The van der Waals surface area contributed by atoms with Crippen molar-refractivity contribution in [3.8, 4) is 28.5 Å². The molecule has 2 heterocycles. The van der Waals surface area contributed by atoms with Crippen molar-refractivity contribution >= 4 is 11.6 Å². The Balaban J connectivity index is 1.53. The van der Waals surface area contributed by atoms with E-state index in [0.29, 0.717) is 23.2 Å². The normalized spacial score (nSPS) is 10.8. The van der Waals surface area contributed by atoms with Gasteiger partial charge < -0.3 is 9.63 Å². The fourth-order valence-electron chi connectivity index (χ4n) is 2.58. The maximum Gasteiger partial charge on any atom is 0.259 e. The van der Waals surface area contributed by atoms with Gasteiger partial charge in [0.1, 0.15) is 5.75 Å². The molecule has 26 heavy (non-hydrogen) atoms. The fraction of sp³-hybridized carbons (Fsp3) is 0.0500. The number of pyridine rings is 1. The first kappa shape index (κ1) is 16.3. The summed E-state index contributed by atoms with van der Waals surface area (Å²) in [5, 5.41) is 14.3. The van der Waals surface area contributed by atoms with Crippen molar-refractivity contribution in [2.45, 2.75) is 6.42 Å². The van der Waals surface area contributed by atoms with Gasteiger partial charge in [-0.1, -0.05) is 41.0 Å². The Hall–Kier alpha value is -3.18. The molecule has 0 saturated carbocycles. The summed E-state index contributed by atoms with van der Waals surface area (Å²) in [6.07, 6.45) is 2.24. The summed E-state index contributed by atoms with van der Waals surface area (Å²) in [5.74, 6) is 1.22. The van der Waals surface area contributed by atoms with Gasteiger partial charge in [-0.15, -0.1) is 0 Å². The second-order valence-corrected chi connectivity index (χ2v) is 6.24. The molecule has 0 bridgehead atoms. The molecule has 4 rings (SSSR count). The predicted octanol–water partition coefficient (Wildman–Crippen LogP) is 4.75. The Morgan fingerprint density at radius 2 is 1.81 bits per heavy atom. The lowest BCUT2D eigenvalue weighted by Gasteiger charge is -2.02. The number of phenolic OH excluding ortho intramolecular Hbond substituents is 1. The summed E-state index contributed by atoms with van der Waals surface area (Å²) in [4.78, 5) is 8.84. The van der Waals surface area contributed by atoms with Crippen LogP contribution in [0.15, 0.2) is 71.4 Å². The molecule has 5 nitrogen and oxygen atoms in total. The van der Waals surface area contributed by atoms with Gasteiger partial charge in [0, 0.05) is 23.2 Å². The van der Waals surface area contributed by atoms with Crippen LogP contribution in [0, 0.1) is 0 Å². The van der Waals surface area contributed by atoms with Gasteiger partial charge in [0.15, 0.2) is 5.82 Å². The van der Waals surface area contributed by atoms with Crippen molar-refractivity contribution < 1.29 is 9.63 Å². The van der Waals surface area contributed by atoms with Gasteiger partial charge in [0.25, 0.3) is 5.89 Å². The van der Waals surface area contributed by atoms with Crippen LogP contribution >= 0.6 is 11.6 Å². The highest BCUT2D eigenvalue weighted by atomic mass is 35.5. The number of rotatable bonds is 4. The minimum absolute atomic E-state index is 0.206. The molecule has 0 saturated heterocycles. The monoisotopic (exact) mass is 363 g/mol. The molecule has 2 aromatic heterocycles. The summed E-state index contributed by atoms with van der Waals surface area (Å²) in [6, 6.07) is 18.2. The van der Waals surface area contributed by atoms with Gasteiger partial charge >= 0.3 is 0 Å². The van der Waals surface area contributed by atoms with Gasteiger partial charge in [-0.3, -0.25) is 4.98 Å². The summed E-state index contributed by atoms with van der Waals surface area (Å²) >= 11 is 5.89. The summed E-state index contributed by atoms with van der Waals surface area (Å²) in [5.41, 5.74) is 3.39. The standard InChI is InChI=1S/C20H14ClN3O2/c21-16-7-4-13(5-8-16)10-19-23-20(26-24-19)15-6-9-18(22-12-15)14-2-1-3-17(25)11-14/h1-9,11-12,25H,10H2. The number of hydrogen-bond acceptors (Lipinski definition) is 5. The van der Waals surface area contributed by atoms with Crippen LogP contribution in [0.25, 0.3) is 22.7 Å². The lowest BCUT2D eigenvalue weighted by molar-refractivity contribution is 0.424. The number of halogens is 1. The van der Waals surface area contributed by atoms with Crippen LogP contribution in [0.5, 0.6) is 5.75 Å². The minimum Gasteiger partial charge on any atom is -0.508 e. The quantitative estimate of drug-likeness (QED) is 0.566. The highest BCUT2D eigenvalue weighted by molar-refractivity contribution is 6.30. The van der Waals surface area contributed by atoms with Gasteiger partial charge in [0.05, 0.1) is 11.3 Å². The molecule has 0 spiro atoms. The zero-order chi connectivity index (χ0) is 17.9. The number of hydrogen-bond donors (Lipinski definition) is 1. The Labute approximate surface area is 154 Å². The van der Waals surface area contributed by atoms with E-state index >= 15 is 0 Å². The van der Waals surface area contributed by atoms with Crippen LogP contribution in [0.3, 0.4) is 0 Å². The third-order valence-corrected chi connectivity index (χ3v) is 4.15. The molecule has 0 aliphatic carbocycles. The highest BCUT2D eigenvalue weighted by Gasteiger charge is 2.10. The Bertz CT molecular complexity index is 1030. The first-order chi connectivity index (χ1) is 12.7. The summed E-state index contributed by atoms with van der Waals surface area (Å²) in [6.45, 7) is 0. The van der Waals surface area contributed by atoms with Crippen LogP contribution in [0.2, 0.25) is 5.02 Å². The van der Waals surface area contributed by atoms with E-state index in [1.807, 2.05) is 42.5 Å². The van der Waals surface area contributed by atoms with Gasteiger partial charge in [-0.05, 0) is 42.0 Å². The van der Waals surface area contributed by atoms with E-state index in [2.05, 4.69) is 15.1 Å². The molecule has 0 atom stereocenters. The molecule has 0 unspecified atom stereocenters. The van der Waals surface area contributed by atoms with Gasteiger partial charge in [0.2, 0.25) is 0 Å². The SMILES string of the molecule is Oc1cccc(-c2ccc(-c3nc(Cc4ccc(Cl)cc4)no3)cn2)c1. The average Bonchev–Trinajstić information content (AvgIpc) is 3.12. The third kappa shape index (κ3) is 3.58. The predicted molar refractivity (Wildman–Crippen MR) is 98.9 cm³/mol. The topological polar surface area (TPSA) is 72.0 Å². The van der Waals surface area contributed by atoms with E-state index < -0.39 is 0 Å². The number of aromatic nitrogens is 3. The molecule has 4 aromatic rings. The van der Waals surface area contributed by atoms with Crippen LogP contribution in [-0.2, 0) is 6.42 Å². The van der Waals surface area contributed by atoms with Crippen molar-refractivity contribution in [2.24, 2.45) is 0 Å². The Morgan fingerprint density at radius 1 is 0.962 bits per heavy atom. The number of aromatic hydroxyl groups is 1. The fourth-order valence-corrected chi connectivity index (χ4v) is 2.71. The van der Waals surface area contributed by atoms with E-state index in [1.165, 1.54) is 0 Å². The molecule has 0 aliphatic heterocycles. The number of nitrogens with zero attached hydrogens (tertiary/aromatic N) is 3. The van der Waals surface area contributed by atoms with E-state index in [1.54, 1.807) is 24.4 Å². The van der Waals surface area contributed by atoms with Gasteiger partial charge in [-0.2, -0.15) is 4.98 Å². The maximum atomic E-state index is 9.58. The van der Waals surface area contributed by atoms with Crippen molar-refractivity contribution in [1.82, 2.24) is 15.1 Å². The molecular weight excluding hydrogens is 350 g/mol. The van der Waals surface area contributed by atoms with Crippen molar-refractivity contribution in [3.05, 3.63) is 83.3 Å². The average molecular weight is 364 g/mol. The van der Waals surface area contributed by atoms with E-state index in [0.717, 1.165) is 22.4 Å². The largest absolute Gasteiger partial charge is 0.508 e. The molecule has 128 valence electrons. The van der Waals surface area contributed by atoms with Crippen LogP contribution in [0.1, 0.15) is 11.4 Å². The van der Waals surface area contributed by atoms with E-state index in [9.17, 15) is 5.11 Å². The molecule has 2 aromatic carbocycles. The molecule has 6 heteroatoms. The first-order valence-corrected chi connectivity index (χ1v) is 8.38. The zero-order valence-electron chi connectivity index (χ0n) is 13.6. The van der Waals surface area contributed by atoms with Crippen LogP contribution < -0.4 is 0 Å². The number of benzene rings is 2. The van der Waals surface area contributed by atoms with Crippen LogP contribution in [0.4, 0.5) is 0 Å². The van der Waals surface area contributed by atoms with E-state index in [-0.39, 0.29) is 5.75 Å². The van der Waals surface area contributed by atoms with Crippen molar-refractivity contribution in [1.29, 1.82) is 0 Å². The lowest BCUT2D eigenvalue weighted by atomic mass is 10.1. The molecule has 0 fully saturated rings. The summed E-state index contributed by atoms with van der Waals surface area (Å²) < 4.78 is 5.34. The second kappa shape index (κ2) is 6.98. The van der Waals surface area contributed by atoms with E-state index in [4.69, 9.17) is 16.1 Å². The molecular formula is C20H14ClN3O2. The van der Waals surface area contributed by atoms with Crippen molar-refractivity contribution in [2.75, 3.05) is 0 Å². The number of phenols is 1. The Kier molecular flexibility index (Phi) is 4.37. The smallest absolute Gasteiger partial charge is 0.259 e. The summed E-state index contributed by atoms with van der Waals surface area (Å²) in [7, 11) is 0. The van der Waals surface area contributed by atoms with Crippen molar-refractivity contribution in [3.63, 3.8) is 0 Å². The lowest BCUT2D eigenvalue weighted by Crippen LogP contribution is -1.90. The molecule has 0 amide bonds. The maximum absolute atomic E-state index is 9.58. The second-order valence-electron chi connectivity index (χ2n) is 5.80. The highest BCUT2D eigenvalue weighted by Crippen LogP contribution is 2.24.